The molecule has 2 rings (SSSR count). The smallest absolute Gasteiger partial charge is 0.271 e. The van der Waals surface area contributed by atoms with Crippen molar-refractivity contribution in [3.05, 3.63) is 40.8 Å². The van der Waals surface area contributed by atoms with E-state index in [2.05, 4.69) is 15.3 Å². The summed E-state index contributed by atoms with van der Waals surface area (Å²) in [5.74, 6) is 0.217. The Labute approximate surface area is 145 Å². The van der Waals surface area contributed by atoms with E-state index >= 15 is 0 Å². The Morgan fingerprint density at radius 1 is 1.38 bits per heavy atom. The first kappa shape index (κ1) is 18.0. The Balaban J connectivity index is 2.25. The Morgan fingerprint density at radius 3 is 2.83 bits per heavy atom. The van der Waals surface area contributed by atoms with E-state index in [-0.39, 0.29) is 16.7 Å². The summed E-state index contributed by atoms with van der Waals surface area (Å²) in [6.45, 7) is 2.97. The molecule has 0 aliphatic heterocycles. The van der Waals surface area contributed by atoms with Crippen molar-refractivity contribution in [3.63, 3.8) is 0 Å². The highest BCUT2D eigenvalue weighted by atomic mass is 35.5. The molecule has 0 spiro atoms. The van der Waals surface area contributed by atoms with Gasteiger partial charge in [0.05, 0.1) is 12.3 Å². The molecule has 1 heterocycles. The fourth-order valence-electron chi connectivity index (χ4n) is 2.01. The molecule has 128 valence electrons. The zero-order chi connectivity index (χ0) is 17.5. The van der Waals surface area contributed by atoms with Crippen molar-refractivity contribution in [2.45, 2.75) is 19.8 Å². The normalized spacial score (nSPS) is 10.5. The first-order valence-corrected chi connectivity index (χ1v) is 7.99. The van der Waals surface area contributed by atoms with Crippen molar-refractivity contribution in [3.8, 4) is 5.75 Å². The van der Waals surface area contributed by atoms with Crippen molar-refractivity contribution >= 4 is 29.0 Å². The fraction of sp³-hybridized carbons (Fsp3) is 0.312. The van der Waals surface area contributed by atoms with Gasteiger partial charge in [-0.3, -0.25) is 4.79 Å². The van der Waals surface area contributed by atoms with E-state index in [1.807, 2.05) is 25.1 Å². The third-order valence-corrected chi connectivity index (χ3v) is 3.50. The summed E-state index contributed by atoms with van der Waals surface area (Å²) in [6.07, 6.45) is 1.32. The molecular weight excluding hydrogens is 330 g/mol. The van der Waals surface area contributed by atoms with Crippen molar-refractivity contribution in [2.24, 2.45) is 11.5 Å². The molecule has 0 saturated carbocycles. The number of carbonyl (C=O) groups is 1. The summed E-state index contributed by atoms with van der Waals surface area (Å²) in [7, 11) is 0. The molecule has 0 atom stereocenters. The maximum absolute atomic E-state index is 11.6. The number of amides is 1. The van der Waals surface area contributed by atoms with E-state index in [0.29, 0.717) is 36.7 Å². The molecule has 1 amide bonds. The van der Waals surface area contributed by atoms with Gasteiger partial charge in [-0.2, -0.15) is 0 Å². The highest BCUT2D eigenvalue weighted by Gasteiger charge is 2.16. The highest BCUT2D eigenvalue weighted by molar-refractivity contribution is 6.30. The predicted octanol–water partition coefficient (Wildman–Crippen LogP) is 2.26. The minimum Gasteiger partial charge on any atom is -0.493 e. The van der Waals surface area contributed by atoms with Crippen LogP contribution < -0.4 is 21.5 Å². The molecule has 0 saturated heterocycles. The number of hydrogen-bond acceptors (Lipinski definition) is 6. The van der Waals surface area contributed by atoms with Gasteiger partial charge < -0.3 is 21.5 Å². The quantitative estimate of drug-likeness (QED) is 0.629. The Bertz CT molecular complexity index is 724. The number of anilines is 2. The van der Waals surface area contributed by atoms with Gasteiger partial charge in [-0.15, -0.1) is 0 Å². The number of rotatable bonds is 8. The topological polar surface area (TPSA) is 116 Å². The van der Waals surface area contributed by atoms with Gasteiger partial charge in [0, 0.05) is 11.8 Å². The van der Waals surface area contributed by atoms with E-state index in [9.17, 15) is 4.79 Å². The van der Waals surface area contributed by atoms with Crippen LogP contribution in [-0.2, 0) is 6.42 Å². The lowest BCUT2D eigenvalue weighted by Gasteiger charge is -2.12. The van der Waals surface area contributed by atoms with Gasteiger partial charge in [-0.25, -0.2) is 9.97 Å². The molecular formula is C16H20ClN5O2. The van der Waals surface area contributed by atoms with E-state index in [4.69, 9.17) is 27.8 Å². The van der Waals surface area contributed by atoms with Crippen LogP contribution in [0, 0.1) is 0 Å². The van der Waals surface area contributed by atoms with Crippen LogP contribution in [0.5, 0.6) is 5.75 Å². The largest absolute Gasteiger partial charge is 0.493 e. The summed E-state index contributed by atoms with van der Waals surface area (Å²) >= 11 is 6.09. The summed E-state index contributed by atoms with van der Waals surface area (Å²) in [5, 5.41) is 3.25. The van der Waals surface area contributed by atoms with Crippen LogP contribution >= 0.6 is 11.6 Å². The van der Waals surface area contributed by atoms with Crippen molar-refractivity contribution < 1.29 is 9.53 Å². The monoisotopic (exact) mass is 349 g/mol. The number of aromatic nitrogens is 2. The number of nitrogens with one attached hydrogen (secondary N) is 1. The number of nitrogens with zero attached hydrogens (tertiary/aromatic N) is 2. The van der Waals surface area contributed by atoms with Gasteiger partial charge in [0.1, 0.15) is 5.75 Å². The lowest BCUT2D eigenvalue weighted by molar-refractivity contribution is 0.0996. The number of ether oxygens (including phenoxy) is 1. The molecule has 0 bridgehead atoms. The molecule has 8 heteroatoms. The highest BCUT2D eigenvalue weighted by Crippen LogP contribution is 2.24. The third-order valence-electron chi connectivity index (χ3n) is 3.20. The Hall–Kier alpha value is -2.38. The number of primary amides is 1. The zero-order valence-corrected chi connectivity index (χ0v) is 14.1. The molecule has 0 aliphatic rings. The maximum Gasteiger partial charge on any atom is 0.271 e. The second kappa shape index (κ2) is 8.47. The number of halogens is 1. The molecule has 7 nitrogen and oxygen atoms in total. The molecule has 0 fully saturated rings. The molecule has 5 N–H and O–H groups in total. The van der Waals surface area contributed by atoms with Crippen molar-refractivity contribution in [1.29, 1.82) is 0 Å². The average Bonchev–Trinajstić information content (AvgIpc) is 2.55. The third kappa shape index (κ3) is 4.56. The number of carbonyl (C=O) groups excluding carboxylic acids is 1. The minimum absolute atomic E-state index is 0.0469. The van der Waals surface area contributed by atoms with E-state index in [0.717, 1.165) is 6.42 Å². The van der Waals surface area contributed by atoms with Crippen LogP contribution in [0.1, 0.15) is 29.5 Å². The molecule has 24 heavy (non-hydrogen) atoms. The molecule has 0 aliphatic carbocycles. The van der Waals surface area contributed by atoms with Gasteiger partial charge >= 0.3 is 0 Å². The standard InChI is InChI=1S/C16H20ClN5O2/c1-2-12-14(17)22-16(13(21-12)15(19)23)20-10-5-3-6-11(9-10)24-8-4-7-18/h3,5-6,9H,2,4,7-8,18H2,1H3,(H2,19,23)(H,20,22). The van der Waals surface area contributed by atoms with E-state index < -0.39 is 5.91 Å². The van der Waals surface area contributed by atoms with Gasteiger partial charge in [0.15, 0.2) is 16.7 Å². The lowest BCUT2D eigenvalue weighted by atomic mass is 10.2. The van der Waals surface area contributed by atoms with E-state index in [1.165, 1.54) is 0 Å². The SMILES string of the molecule is CCc1nc(C(N)=O)c(Nc2cccc(OCCCN)c2)nc1Cl. The summed E-state index contributed by atoms with van der Waals surface area (Å²) < 4.78 is 5.59. The van der Waals surface area contributed by atoms with Crippen LogP contribution in [0.3, 0.4) is 0 Å². The fourth-order valence-corrected chi connectivity index (χ4v) is 2.27. The van der Waals surface area contributed by atoms with Gasteiger partial charge in [-0.05, 0) is 31.5 Å². The number of aryl methyl sites for hydroxylation is 1. The summed E-state index contributed by atoms with van der Waals surface area (Å²) in [5.41, 5.74) is 12.1. The summed E-state index contributed by atoms with van der Waals surface area (Å²) in [6, 6.07) is 7.24. The predicted molar refractivity (Wildman–Crippen MR) is 93.8 cm³/mol. The number of nitrogens with two attached hydrogens (primary N) is 2. The Morgan fingerprint density at radius 2 is 2.17 bits per heavy atom. The van der Waals surface area contributed by atoms with Crippen LogP contribution in [-0.4, -0.2) is 29.0 Å². The first-order chi connectivity index (χ1) is 11.5. The number of benzene rings is 1. The molecule has 0 unspecified atom stereocenters. The zero-order valence-electron chi connectivity index (χ0n) is 13.4. The molecule has 2 aromatic rings. The molecule has 1 aromatic heterocycles. The summed E-state index contributed by atoms with van der Waals surface area (Å²) in [4.78, 5) is 20.0. The average molecular weight is 350 g/mol. The molecule has 1 aromatic carbocycles. The van der Waals surface area contributed by atoms with Gasteiger partial charge in [0.25, 0.3) is 5.91 Å². The van der Waals surface area contributed by atoms with Gasteiger partial charge in [0.2, 0.25) is 0 Å². The van der Waals surface area contributed by atoms with Crippen molar-refractivity contribution in [1.82, 2.24) is 9.97 Å². The van der Waals surface area contributed by atoms with Crippen LogP contribution in [0.4, 0.5) is 11.5 Å². The van der Waals surface area contributed by atoms with Gasteiger partial charge in [-0.1, -0.05) is 24.6 Å². The maximum atomic E-state index is 11.6. The first-order valence-electron chi connectivity index (χ1n) is 7.61. The minimum atomic E-state index is -0.674. The van der Waals surface area contributed by atoms with Crippen molar-refractivity contribution in [2.75, 3.05) is 18.5 Å². The second-order valence-electron chi connectivity index (χ2n) is 5.02. The van der Waals surface area contributed by atoms with Crippen LogP contribution in [0.25, 0.3) is 0 Å². The second-order valence-corrected chi connectivity index (χ2v) is 5.38. The van der Waals surface area contributed by atoms with E-state index in [1.54, 1.807) is 6.07 Å². The van der Waals surface area contributed by atoms with Crippen LogP contribution in [0.15, 0.2) is 24.3 Å². The Kier molecular flexibility index (Phi) is 6.34. The molecule has 0 radical (unpaired) electrons. The number of hydrogen-bond donors (Lipinski definition) is 3. The van der Waals surface area contributed by atoms with Crippen LogP contribution in [0.2, 0.25) is 5.15 Å². The lowest BCUT2D eigenvalue weighted by Crippen LogP contribution is -2.18.